The fraction of sp³-hybridized carbons (Fsp3) is 0.846. The topological polar surface area (TPSA) is 87.7 Å². The summed E-state index contributed by atoms with van der Waals surface area (Å²) in [6.45, 7) is 3.86. The molecule has 1 rings (SSSR count). The van der Waals surface area contributed by atoms with Crippen molar-refractivity contribution in [1.82, 2.24) is 5.32 Å². The minimum atomic E-state index is -0.566. The number of hydrogen-bond acceptors (Lipinski definition) is 3. The zero-order valence-electron chi connectivity index (χ0n) is 11.4. The summed E-state index contributed by atoms with van der Waals surface area (Å²) >= 11 is 0. The van der Waals surface area contributed by atoms with E-state index in [1.165, 1.54) is 25.7 Å². The summed E-state index contributed by atoms with van der Waals surface area (Å²) < 4.78 is 0. The number of amidine groups is 1. The smallest absolute Gasteiger partial charge is 0.230 e. The van der Waals surface area contributed by atoms with Gasteiger partial charge in [-0.25, -0.2) is 0 Å². The molecule has 0 radical (unpaired) electrons. The Morgan fingerprint density at radius 1 is 1.44 bits per heavy atom. The van der Waals surface area contributed by atoms with Gasteiger partial charge in [0, 0.05) is 6.04 Å². The molecule has 5 nitrogen and oxygen atoms in total. The van der Waals surface area contributed by atoms with E-state index in [0.29, 0.717) is 0 Å². The zero-order chi connectivity index (χ0) is 13.5. The first-order valence-corrected chi connectivity index (χ1v) is 6.86. The summed E-state index contributed by atoms with van der Waals surface area (Å²) in [5.74, 6) is 0.0735. The van der Waals surface area contributed by atoms with Gasteiger partial charge >= 0.3 is 0 Å². The molecule has 0 spiro atoms. The first kappa shape index (κ1) is 14.8. The number of oxime groups is 1. The van der Waals surface area contributed by atoms with Crippen LogP contribution in [0.5, 0.6) is 0 Å². The fourth-order valence-electron chi connectivity index (χ4n) is 2.55. The number of carbonyl (C=O) groups is 1. The molecule has 0 bridgehead atoms. The van der Waals surface area contributed by atoms with Gasteiger partial charge in [0.25, 0.3) is 0 Å². The maximum Gasteiger partial charge on any atom is 0.230 e. The molecule has 18 heavy (non-hydrogen) atoms. The van der Waals surface area contributed by atoms with Gasteiger partial charge < -0.3 is 16.3 Å². The second-order valence-corrected chi connectivity index (χ2v) is 5.26. The van der Waals surface area contributed by atoms with Crippen LogP contribution >= 0.6 is 0 Å². The maximum absolute atomic E-state index is 11.8. The van der Waals surface area contributed by atoms with Crippen LogP contribution in [0.15, 0.2) is 5.16 Å². The Labute approximate surface area is 109 Å². The monoisotopic (exact) mass is 255 g/mol. The molecule has 1 aliphatic rings. The molecule has 0 saturated heterocycles. The largest absolute Gasteiger partial charge is 0.409 e. The zero-order valence-corrected chi connectivity index (χ0v) is 11.4. The van der Waals surface area contributed by atoms with Crippen LogP contribution in [0, 0.1) is 11.8 Å². The first-order valence-electron chi connectivity index (χ1n) is 6.86. The number of carbonyl (C=O) groups excluding carboxylic acids is 1. The molecular formula is C13H25N3O2. The first-order chi connectivity index (χ1) is 8.58. The lowest BCUT2D eigenvalue weighted by molar-refractivity contribution is -0.123. The molecule has 4 N–H and O–H groups in total. The van der Waals surface area contributed by atoms with Gasteiger partial charge in [-0.3, -0.25) is 4.79 Å². The van der Waals surface area contributed by atoms with Crippen molar-refractivity contribution in [1.29, 1.82) is 0 Å². The average Bonchev–Trinajstić information content (AvgIpc) is 2.39. The van der Waals surface area contributed by atoms with Crippen LogP contribution in [-0.2, 0) is 4.79 Å². The minimum absolute atomic E-state index is 0.0350. The van der Waals surface area contributed by atoms with E-state index in [1.54, 1.807) is 6.92 Å². The molecule has 1 aliphatic carbocycles. The summed E-state index contributed by atoms with van der Waals surface area (Å²) in [5.41, 5.74) is 5.42. The molecule has 1 saturated carbocycles. The third kappa shape index (κ3) is 4.20. The van der Waals surface area contributed by atoms with Gasteiger partial charge in [-0.05, 0) is 38.5 Å². The van der Waals surface area contributed by atoms with E-state index in [2.05, 4.69) is 17.4 Å². The Morgan fingerprint density at radius 2 is 2.06 bits per heavy atom. The highest BCUT2D eigenvalue weighted by atomic mass is 16.4. The van der Waals surface area contributed by atoms with Crippen molar-refractivity contribution in [2.45, 2.75) is 58.4 Å². The number of nitrogens with zero attached hydrogens (tertiary/aromatic N) is 1. The van der Waals surface area contributed by atoms with Crippen molar-refractivity contribution >= 4 is 11.7 Å². The summed E-state index contributed by atoms with van der Waals surface area (Å²) in [7, 11) is 0. The van der Waals surface area contributed by atoms with E-state index in [9.17, 15) is 4.79 Å². The summed E-state index contributed by atoms with van der Waals surface area (Å²) in [5, 5.41) is 14.4. The van der Waals surface area contributed by atoms with Crippen LogP contribution in [0.3, 0.4) is 0 Å². The lowest BCUT2D eigenvalue weighted by Gasteiger charge is -2.29. The SMILES string of the molecule is CCCC1CCC(NC(=O)C(C)C(N)=NO)CC1. The van der Waals surface area contributed by atoms with Crippen molar-refractivity contribution in [2.75, 3.05) is 0 Å². The number of rotatable bonds is 5. The molecule has 0 aliphatic heterocycles. The maximum atomic E-state index is 11.8. The fourth-order valence-corrected chi connectivity index (χ4v) is 2.55. The van der Waals surface area contributed by atoms with Crippen molar-refractivity contribution in [3.63, 3.8) is 0 Å². The quantitative estimate of drug-likeness (QED) is 0.303. The van der Waals surface area contributed by atoms with Crippen LogP contribution in [0.25, 0.3) is 0 Å². The molecule has 104 valence electrons. The Morgan fingerprint density at radius 3 is 2.56 bits per heavy atom. The highest BCUT2D eigenvalue weighted by Gasteiger charge is 2.24. The van der Waals surface area contributed by atoms with Gasteiger partial charge in [0.05, 0.1) is 5.92 Å². The predicted molar refractivity (Wildman–Crippen MR) is 71.4 cm³/mol. The van der Waals surface area contributed by atoms with Crippen LogP contribution in [-0.4, -0.2) is 23.0 Å². The summed E-state index contributed by atoms with van der Waals surface area (Å²) in [6, 6.07) is 0.250. The van der Waals surface area contributed by atoms with Crippen molar-refractivity contribution in [3.8, 4) is 0 Å². The molecule has 0 aromatic carbocycles. The lowest BCUT2D eigenvalue weighted by atomic mass is 9.83. The van der Waals surface area contributed by atoms with Crippen molar-refractivity contribution < 1.29 is 10.0 Å². The Bertz CT molecular complexity index is 297. The number of nitrogens with one attached hydrogen (secondary N) is 1. The highest BCUT2D eigenvalue weighted by Crippen LogP contribution is 2.27. The number of amides is 1. The third-order valence-electron chi connectivity index (χ3n) is 3.84. The van der Waals surface area contributed by atoms with Gasteiger partial charge in [0.2, 0.25) is 5.91 Å². The third-order valence-corrected chi connectivity index (χ3v) is 3.84. The van der Waals surface area contributed by atoms with Crippen LogP contribution in [0.1, 0.15) is 52.4 Å². The molecule has 0 aromatic heterocycles. The van der Waals surface area contributed by atoms with Crippen molar-refractivity contribution in [2.24, 2.45) is 22.7 Å². The normalized spacial score (nSPS) is 26.7. The van der Waals surface area contributed by atoms with E-state index in [0.717, 1.165) is 18.8 Å². The molecule has 1 amide bonds. The van der Waals surface area contributed by atoms with Gasteiger partial charge in [-0.15, -0.1) is 0 Å². The van der Waals surface area contributed by atoms with Crippen LogP contribution in [0.4, 0.5) is 0 Å². The lowest BCUT2D eigenvalue weighted by Crippen LogP contribution is -2.43. The van der Waals surface area contributed by atoms with E-state index in [1.807, 2.05) is 0 Å². The second kappa shape index (κ2) is 7.24. The van der Waals surface area contributed by atoms with E-state index in [-0.39, 0.29) is 17.8 Å². The average molecular weight is 255 g/mol. The van der Waals surface area contributed by atoms with Crippen LogP contribution < -0.4 is 11.1 Å². The Balaban J connectivity index is 2.34. The molecule has 0 aromatic rings. The molecule has 1 fully saturated rings. The highest BCUT2D eigenvalue weighted by molar-refractivity contribution is 6.01. The van der Waals surface area contributed by atoms with Crippen LogP contribution in [0.2, 0.25) is 0 Å². The van der Waals surface area contributed by atoms with E-state index >= 15 is 0 Å². The van der Waals surface area contributed by atoms with Gasteiger partial charge in [-0.1, -0.05) is 24.9 Å². The summed E-state index contributed by atoms with van der Waals surface area (Å²) in [6.07, 6.45) is 7.00. The standard InChI is InChI=1S/C13H25N3O2/c1-3-4-10-5-7-11(8-6-10)15-13(17)9(2)12(14)16-18/h9-11,18H,3-8H2,1-2H3,(H2,14,16)(H,15,17). The van der Waals surface area contributed by atoms with E-state index in [4.69, 9.17) is 10.9 Å². The number of nitrogens with two attached hydrogens (primary N) is 1. The molecular weight excluding hydrogens is 230 g/mol. The second-order valence-electron chi connectivity index (χ2n) is 5.26. The molecule has 1 atom stereocenters. The summed E-state index contributed by atoms with van der Waals surface area (Å²) in [4.78, 5) is 11.8. The predicted octanol–water partition coefficient (Wildman–Crippen LogP) is 1.84. The van der Waals surface area contributed by atoms with Gasteiger partial charge in [-0.2, -0.15) is 0 Å². The molecule has 1 unspecified atom stereocenters. The Kier molecular flexibility index (Phi) is 5.95. The van der Waals surface area contributed by atoms with Gasteiger partial charge in [0.15, 0.2) is 5.84 Å². The molecule has 0 heterocycles. The van der Waals surface area contributed by atoms with Crippen molar-refractivity contribution in [3.05, 3.63) is 0 Å². The number of hydrogen-bond donors (Lipinski definition) is 3. The Hall–Kier alpha value is -1.26. The molecule has 5 heteroatoms. The van der Waals surface area contributed by atoms with E-state index < -0.39 is 5.92 Å². The minimum Gasteiger partial charge on any atom is -0.409 e. The van der Waals surface area contributed by atoms with Gasteiger partial charge in [0.1, 0.15) is 0 Å².